The highest BCUT2D eigenvalue weighted by Gasteiger charge is 2.29. The molecular formula is C26H25BrN4O2. The van der Waals surface area contributed by atoms with Crippen LogP contribution in [0.1, 0.15) is 25.0 Å². The van der Waals surface area contributed by atoms with Crippen molar-refractivity contribution in [1.82, 2.24) is 0 Å². The van der Waals surface area contributed by atoms with Crippen molar-refractivity contribution in [1.29, 1.82) is 0 Å². The van der Waals surface area contributed by atoms with Gasteiger partial charge < -0.3 is 21.3 Å². The SMILES string of the molecule is CN(C(=O)C(C)(C)N)c1cccc(N/C(=C2\C(=O)Nc3cc(Br)ccc32)c2ccccc2)c1. The minimum Gasteiger partial charge on any atom is -0.354 e. The topological polar surface area (TPSA) is 87.5 Å². The lowest BCUT2D eigenvalue weighted by atomic mass is 10.00. The lowest BCUT2D eigenvalue weighted by Crippen LogP contribution is -2.49. The van der Waals surface area contributed by atoms with E-state index in [0.717, 1.165) is 27.0 Å². The van der Waals surface area contributed by atoms with Gasteiger partial charge in [0, 0.05) is 28.5 Å². The molecule has 168 valence electrons. The van der Waals surface area contributed by atoms with E-state index in [1.165, 1.54) is 4.90 Å². The number of carbonyl (C=O) groups excluding carboxylic acids is 2. The molecule has 4 rings (SSSR count). The number of carbonyl (C=O) groups is 2. The minimum atomic E-state index is -0.991. The van der Waals surface area contributed by atoms with E-state index in [1.807, 2.05) is 72.8 Å². The fourth-order valence-corrected chi connectivity index (χ4v) is 4.12. The number of halogens is 1. The third kappa shape index (κ3) is 4.69. The summed E-state index contributed by atoms with van der Waals surface area (Å²) in [7, 11) is 1.70. The molecule has 0 radical (unpaired) electrons. The van der Waals surface area contributed by atoms with Crippen molar-refractivity contribution in [2.45, 2.75) is 19.4 Å². The van der Waals surface area contributed by atoms with E-state index in [4.69, 9.17) is 5.73 Å². The predicted octanol–water partition coefficient (Wildman–Crippen LogP) is 5.08. The Labute approximate surface area is 201 Å². The second-order valence-corrected chi connectivity index (χ2v) is 9.44. The van der Waals surface area contributed by atoms with Crippen molar-refractivity contribution in [3.05, 3.63) is 88.4 Å². The molecule has 0 fully saturated rings. The zero-order chi connectivity index (χ0) is 23.8. The van der Waals surface area contributed by atoms with Crippen LogP contribution >= 0.6 is 15.9 Å². The number of benzene rings is 3. The number of rotatable bonds is 5. The van der Waals surface area contributed by atoms with Gasteiger partial charge in [-0.1, -0.05) is 58.4 Å². The van der Waals surface area contributed by atoms with Gasteiger partial charge >= 0.3 is 0 Å². The van der Waals surface area contributed by atoms with Gasteiger partial charge in [-0.25, -0.2) is 0 Å². The van der Waals surface area contributed by atoms with Crippen molar-refractivity contribution >= 4 is 56.1 Å². The van der Waals surface area contributed by atoms with E-state index < -0.39 is 5.54 Å². The molecule has 0 saturated carbocycles. The molecule has 0 unspecified atom stereocenters. The summed E-state index contributed by atoms with van der Waals surface area (Å²) >= 11 is 3.46. The normalized spacial score (nSPS) is 14.4. The molecule has 33 heavy (non-hydrogen) atoms. The number of hydrogen-bond donors (Lipinski definition) is 3. The fraction of sp³-hybridized carbons (Fsp3) is 0.154. The van der Waals surface area contributed by atoms with Crippen molar-refractivity contribution < 1.29 is 9.59 Å². The van der Waals surface area contributed by atoms with Crippen LogP contribution in [0.3, 0.4) is 0 Å². The molecule has 0 aliphatic carbocycles. The van der Waals surface area contributed by atoms with Crippen LogP contribution in [0.25, 0.3) is 11.3 Å². The van der Waals surface area contributed by atoms with Gasteiger partial charge in [0.15, 0.2) is 0 Å². The van der Waals surface area contributed by atoms with Gasteiger partial charge in [-0.3, -0.25) is 9.59 Å². The second-order valence-electron chi connectivity index (χ2n) is 8.52. The third-order valence-corrected chi connectivity index (χ3v) is 5.89. The van der Waals surface area contributed by atoms with Crippen LogP contribution < -0.4 is 21.3 Å². The van der Waals surface area contributed by atoms with Crippen molar-refractivity contribution in [2.24, 2.45) is 5.73 Å². The largest absolute Gasteiger partial charge is 0.354 e. The molecule has 2 amide bonds. The van der Waals surface area contributed by atoms with E-state index in [1.54, 1.807) is 20.9 Å². The number of nitrogens with one attached hydrogen (secondary N) is 2. The highest BCUT2D eigenvalue weighted by molar-refractivity contribution is 9.10. The Balaban J connectivity index is 1.79. The molecule has 1 aliphatic rings. The summed E-state index contributed by atoms with van der Waals surface area (Å²) in [4.78, 5) is 27.2. The van der Waals surface area contributed by atoms with Crippen LogP contribution in [-0.4, -0.2) is 24.4 Å². The number of amides is 2. The summed E-state index contributed by atoms with van der Waals surface area (Å²) in [6, 6.07) is 22.9. The van der Waals surface area contributed by atoms with Gasteiger partial charge in [0.05, 0.1) is 22.5 Å². The number of hydrogen-bond acceptors (Lipinski definition) is 4. The summed E-state index contributed by atoms with van der Waals surface area (Å²) in [5.41, 5.74) is 10.1. The molecule has 1 aliphatic heterocycles. The zero-order valence-corrected chi connectivity index (χ0v) is 20.2. The molecular weight excluding hydrogens is 480 g/mol. The molecule has 7 heteroatoms. The Kier molecular flexibility index (Phi) is 6.10. The fourth-order valence-electron chi connectivity index (χ4n) is 3.76. The lowest BCUT2D eigenvalue weighted by molar-refractivity contribution is -0.122. The number of nitrogens with zero attached hydrogens (tertiary/aromatic N) is 1. The maximum atomic E-state index is 13.0. The maximum absolute atomic E-state index is 13.0. The van der Waals surface area contributed by atoms with E-state index in [9.17, 15) is 9.59 Å². The second kappa shape index (κ2) is 8.84. The quantitative estimate of drug-likeness (QED) is 0.422. The van der Waals surface area contributed by atoms with E-state index in [0.29, 0.717) is 17.0 Å². The Morgan fingerprint density at radius 1 is 1.03 bits per heavy atom. The molecule has 1 heterocycles. The monoisotopic (exact) mass is 504 g/mol. The standard InChI is InChI=1S/C26H25BrN4O2/c1-26(2,28)25(33)31(3)19-11-7-10-18(15-19)29-23(16-8-5-4-6-9-16)22-20-13-12-17(27)14-21(20)30-24(22)32/h4-15,29H,28H2,1-3H3,(H,30,32)/b23-22-. The average Bonchev–Trinajstić information content (AvgIpc) is 3.11. The highest BCUT2D eigenvalue weighted by atomic mass is 79.9. The molecule has 3 aromatic rings. The van der Waals surface area contributed by atoms with Gasteiger partial charge in [0.2, 0.25) is 5.91 Å². The van der Waals surface area contributed by atoms with E-state index in [-0.39, 0.29) is 11.8 Å². The molecule has 4 N–H and O–H groups in total. The average molecular weight is 505 g/mol. The first-order valence-corrected chi connectivity index (χ1v) is 11.3. The summed E-state index contributed by atoms with van der Waals surface area (Å²) in [5.74, 6) is -0.376. The van der Waals surface area contributed by atoms with Crippen molar-refractivity contribution in [2.75, 3.05) is 22.6 Å². The minimum absolute atomic E-state index is 0.178. The van der Waals surface area contributed by atoms with Crippen LogP contribution in [0.4, 0.5) is 17.1 Å². The van der Waals surface area contributed by atoms with Gasteiger partial charge in [-0.05, 0) is 49.7 Å². The lowest BCUT2D eigenvalue weighted by Gasteiger charge is -2.26. The Bertz CT molecular complexity index is 1260. The first-order valence-electron chi connectivity index (χ1n) is 10.5. The number of anilines is 3. The Hall–Kier alpha value is -3.42. The van der Waals surface area contributed by atoms with Crippen molar-refractivity contribution in [3.63, 3.8) is 0 Å². The first kappa shape index (κ1) is 22.8. The first-order chi connectivity index (χ1) is 15.6. The van der Waals surface area contributed by atoms with Crippen molar-refractivity contribution in [3.8, 4) is 0 Å². The summed E-state index contributed by atoms with van der Waals surface area (Å²) in [6.45, 7) is 3.36. The van der Waals surface area contributed by atoms with E-state index in [2.05, 4.69) is 26.6 Å². The zero-order valence-electron chi connectivity index (χ0n) is 18.6. The van der Waals surface area contributed by atoms with Crippen LogP contribution in [-0.2, 0) is 9.59 Å². The molecule has 0 saturated heterocycles. The molecule has 3 aromatic carbocycles. The number of likely N-dealkylation sites (N-methyl/N-ethyl adjacent to an activating group) is 1. The van der Waals surface area contributed by atoms with Crippen LogP contribution in [0, 0.1) is 0 Å². The number of fused-ring (bicyclic) bond motifs is 1. The summed E-state index contributed by atoms with van der Waals surface area (Å²) in [5, 5.41) is 6.39. The van der Waals surface area contributed by atoms with Crippen LogP contribution in [0.15, 0.2) is 77.3 Å². The third-order valence-electron chi connectivity index (χ3n) is 5.40. The summed E-state index contributed by atoms with van der Waals surface area (Å²) < 4.78 is 0.889. The molecule has 6 nitrogen and oxygen atoms in total. The number of nitrogens with two attached hydrogens (primary N) is 1. The molecule has 0 spiro atoms. The Morgan fingerprint density at radius 2 is 1.76 bits per heavy atom. The van der Waals surface area contributed by atoms with Gasteiger partial charge in [-0.2, -0.15) is 0 Å². The Morgan fingerprint density at radius 3 is 2.45 bits per heavy atom. The maximum Gasteiger partial charge on any atom is 0.258 e. The molecule has 0 aromatic heterocycles. The van der Waals surface area contributed by atoms with Gasteiger partial charge in [-0.15, -0.1) is 0 Å². The predicted molar refractivity (Wildman–Crippen MR) is 138 cm³/mol. The van der Waals surface area contributed by atoms with Gasteiger partial charge in [0.25, 0.3) is 5.91 Å². The highest BCUT2D eigenvalue weighted by Crippen LogP contribution is 2.39. The smallest absolute Gasteiger partial charge is 0.258 e. The molecule has 0 atom stereocenters. The van der Waals surface area contributed by atoms with Crippen LogP contribution in [0.5, 0.6) is 0 Å². The molecule has 0 bridgehead atoms. The van der Waals surface area contributed by atoms with Gasteiger partial charge in [0.1, 0.15) is 0 Å². The summed E-state index contributed by atoms with van der Waals surface area (Å²) in [6.07, 6.45) is 0. The van der Waals surface area contributed by atoms with E-state index >= 15 is 0 Å². The van der Waals surface area contributed by atoms with Crippen LogP contribution in [0.2, 0.25) is 0 Å².